The van der Waals surface area contributed by atoms with Gasteiger partial charge in [-0.25, -0.2) is 8.42 Å². The maximum Gasteiger partial charge on any atom is 0.220 e. The van der Waals surface area contributed by atoms with E-state index in [4.69, 9.17) is 0 Å². The highest BCUT2D eigenvalue weighted by Crippen LogP contribution is 2.21. The summed E-state index contributed by atoms with van der Waals surface area (Å²) in [4.78, 5) is 11.8. The first-order chi connectivity index (χ1) is 10.7. The van der Waals surface area contributed by atoms with E-state index in [1.807, 2.05) is 45.0 Å². The molecular formula is C17H26N2O3S. The second-order valence-corrected chi connectivity index (χ2v) is 9.34. The lowest BCUT2D eigenvalue weighted by Gasteiger charge is -2.28. The van der Waals surface area contributed by atoms with E-state index in [0.29, 0.717) is 19.5 Å². The van der Waals surface area contributed by atoms with Crippen molar-refractivity contribution in [1.29, 1.82) is 0 Å². The van der Waals surface area contributed by atoms with Gasteiger partial charge in [0.05, 0.1) is 5.75 Å². The summed E-state index contributed by atoms with van der Waals surface area (Å²) in [7, 11) is -3.35. The van der Waals surface area contributed by atoms with Gasteiger partial charge in [-0.05, 0) is 23.0 Å². The van der Waals surface area contributed by atoms with Gasteiger partial charge < -0.3 is 5.32 Å². The number of carbonyl (C=O) groups is 1. The van der Waals surface area contributed by atoms with Gasteiger partial charge in [0.25, 0.3) is 0 Å². The Morgan fingerprint density at radius 1 is 1.22 bits per heavy atom. The van der Waals surface area contributed by atoms with Gasteiger partial charge in [-0.1, -0.05) is 45.0 Å². The first kappa shape index (κ1) is 17.9. The number of hydrogen-bond donors (Lipinski definition) is 1. The molecule has 0 fully saturated rings. The fourth-order valence-corrected chi connectivity index (χ4v) is 4.02. The molecule has 1 aromatic rings. The smallest absolute Gasteiger partial charge is 0.220 e. The largest absolute Gasteiger partial charge is 0.355 e. The Bertz CT molecular complexity index is 663. The summed E-state index contributed by atoms with van der Waals surface area (Å²) in [6, 6.07) is 7.93. The minimum absolute atomic E-state index is 0.0505. The van der Waals surface area contributed by atoms with Crippen LogP contribution in [0.25, 0.3) is 0 Å². The lowest BCUT2D eigenvalue weighted by atomic mass is 9.92. The van der Waals surface area contributed by atoms with Crippen LogP contribution in [0.3, 0.4) is 0 Å². The Labute approximate surface area is 139 Å². The number of rotatable bonds is 5. The molecule has 128 valence electrons. The molecule has 1 amide bonds. The van der Waals surface area contributed by atoms with Crippen molar-refractivity contribution >= 4 is 15.9 Å². The highest BCUT2D eigenvalue weighted by atomic mass is 32.2. The Hall–Kier alpha value is -1.40. The molecule has 6 heteroatoms. The summed E-state index contributed by atoms with van der Waals surface area (Å²) >= 11 is 0. The summed E-state index contributed by atoms with van der Waals surface area (Å²) < 4.78 is 26.4. The molecule has 1 heterocycles. The monoisotopic (exact) mass is 338 g/mol. The quantitative estimate of drug-likeness (QED) is 0.892. The predicted octanol–water partition coefficient (Wildman–Crippen LogP) is 1.93. The Balaban J connectivity index is 1.87. The van der Waals surface area contributed by atoms with Gasteiger partial charge in [0.15, 0.2) is 0 Å². The molecule has 1 aliphatic heterocycles. The van der Waals surface area contributed by atoms with Gasteiger partial charge in [-0.3, -0.25) is 4.79 Å². The normalized spacial score (nSPS) is 16.0. The molecule has 0 aliphatic carbocycles. The summed E-state index contributed by atoms with van der Waals surface area (Å²) in [5.41, 5.74) is 2.19. The van der Waals surface area contributed by atoms with Crippen molar-refractivity contribution in [1.82, 2.24) is 9.62 Å². The number of amides is 1. The predicted molar refractivity (Wildman–Crippen MR) is 91.4 cm³/mol. The van der Waals surface area contributed by atoms with Crippen molar-refractivity contribution in [2.75, 3.05) is 18.8 Å². The van der Waals surface area contributed by atoms with Gasteiger partial charge >= 0.3 is 0 Å². The number of nitrogens with one attached hydrogen (secondary N) is 1. The Morgan fingerprint density at radius 3 is 2.52 bits per heavy atom. The lowest BCUT2D eigenvalue weighted by Crippen LogP contribution is -2.40. The minimum Gasteiger partial charge on any atom is -0.355 e. The third kappa shape index (κ3) is 5.32. The van der Waals surface area contributed by atoms with Gasteiger partial charge in [0, 0.05) is 26.1 Å². The van der Waals surface area contributed by atoms with Crippen LogP contribution < -0.4 is 5.32 Å². The topological polar surface area (TPSA) is 66.5 Å². The fourth-order valence-electron chi connectivity index (χ4n) is 2.70. The number of hydrogen-bond acceptors (Lipinski definition) is 3. The molecule has 23 heavy (non-hydrogen) atoms. The molecule has 0 radical (unpaired) electrons. The second kappa shape index (κ2) is 7.01. The SMILES string of the molecule is CC(C)(C)CC(=O)NCCS(=O)(=O)N1CCc2ccccc2C1. The van der Waals surface area contributed by atoms with E-state index in [1.54, 1.807) is 0 Å². The summed E-state index contributed by atoms with van der Waals surface area (Å²) in [6.07, 6.45) is 1.13. The van der Waals surface area contributed by atoms with Crippen LogP contribution in [0.1, 0.15) is 38.3 Å². The zero-order valence-corrected chi connectivity index (χ0v) is 14.9. The molecule has 0 aromatic heterocycles. The van der Waals surface area contributed by atoms with Crippen LogP contribution >= 0.6 is 0 Å². The standard InChI is InChI=1S/C17H26N2O3S/c1-17(2,3)12-16(20)18-9-11-23(21,22)19-10-8-14-6-4-5-7-15(14)13-19/h4-7H,8-13H2,1-3H3,(H,18,20). The van der Waals surface area contributed by atoms with Crippen molar-refractivity contribution in [2.24, 2.45) is 5.41 Å². The minimum atomic E-state index is -3.35. The molecule has 0 atom stereocenters. The Kier molecular flexibility index (Phi) is 5.47. The van der Waals surface area contributed by atoms with Gasteiger partial charge in [-0.2, -0.15) is 4.31 Å². The van der Waals surface area contributed by atoms with E-state index in [2.05, 4.69) is 5.32 Å². The van der Waals surface area contributed by atoms with Gasteiger partial charge in [0.1, 0.15) is 0 Å². The third-order valence-corrected chi connectivity index (χ3v) is 5.68. The third-order valence-electron chi connectivity index (χ3n) is 3.86. The number of benzene rings is 1. The van der Waals surface area contributed by atoms with E-state index in [-0.39, 0.29) is 23.6 Å². The van der Waals surface area contributed by atoms with Crippen LogP contribution in [-0.4, -0.2) is 37.5 Å². The van der Waals surface area contributed by atoms with Gasteiger partial charge in [-0.15, -0.1) is 0 Å². The number of carbonyl (C=O) groups excluding carboxylic acids is 1. The average molecular weight is 338 g/mol. The van der Waals surface area contributed by atoms with Crippen molar-refractivity contribution in [3.05, 3.63) is 35.4 Å². The molecule has 0 saturated heterocycles. The maximum atomic E-state index is 12.4. The molecule has 5 nitrogen and oxygen atoms in total. The molecule has 1 N–H and O–H groups in total. The molecule has 0 unspecified atom stereocenters. The van der Waals surface area contributed by atoms with E-state index in [1.165, 1.54) is 9.87 Å². The second-order valence-electron chi connectivity index (χ2n) is 7.26. The van der Waals surface area contributed by atoms with Crippen molar-refractivity contribution in [3.63, 3.8) is 0 Å². The molecule has 0 bridgehead atoms. The summed E-state index contributed by atoms with van der Waals surface area (Å²) in [6.45, 7) is 7.04. The van der Waals surface area contributed by atoms with Crippen LogP contribution in [0.2, 0.25) is 0 Å². The summed E-state index contributed by atoms with van der Waals surface area (Å²) in [5, 5.41) is 2.71. The van der Waals surface area contributed by atoms with Crippen molar-refractivity contribution < 1.29 is 13.2 Å². The van der Waals surface area contributed by atoms with Crippen molar-refractivity contribution in [2.45, 2.75) is 40.2 Å². The van der Waals surface area contributed by atoms with E-state index < -0.39 is 10.0 Å². The van der Waals surface area contributed by atoms with Crippen LogP contribution in [0.5, 0.6) is 0 Å². The lowest BCUT2D eigenvalue weighted by molar-refractivity contribution is -0.122. The molecule has 1 aliphatic rings. The fraction of sp³-hybridized carbons (Fsp3) is 0.588. The van der Waals surface area contributed by atoms with Crippen LogP contribution in [-0.2, 0) is 27.8 Å². The molecule has 0 spiro atoms. The zero-order valence-electron chi connectivity index (χ0n) is 14.1. The maximum absolute atomic E-state index is 12.4. The van der Waals surface area contributed by atoms with Gasteiger partial charge in [0.2, 0.25) is 15.9 Å². The zero-order chi connectivity index (χ0) is 17.1. The first-order valence-corrected chi connectivity index (χ1v) is 9.60. The number of sulfonamides is 1. The molecule has 2 rings (SSSR count). The number of fused-ring (bicyclic) bond motifs is 1. The molecular weight excluding hydrogens is 312 g/mol. The highest BCUT2D eigenvalue weighted by molar-refractivity contribution is 7.89. The van der Waals surface area contributed by atoms with Crippen molar-refractivity contribution in [3.8, 4) is 0 Å². The van der Waals surface area contributed by atoms with Crippen LogP contribution in [0.4, 0.5) is 0 Å². The van der Waals surface area contributed by atoms with E-state index in [9.17, 15) is 13.2 Å². The van der Waals surface area contributed by atoms with Crippen LogP contribution in [0, 0.1) is 5.41 Å². The molecule has 0 saturated carbocycles. The first-order valence-electron chi connectivity index (χ1n) is 7.99. The average Bonchev–Trinajstić information content (AvgIpc) is 2.44. The molecule has 1 aromatic carbocycles. The van der Waals surface area contributed by atoms with Crippen LogP contribution in [0.15, 0.2) is 24.3 Å². The summed E-state index contributed by atoms with van der Waals surface area (Å²) in [5.74, 6) is -0.151. The Morgan fingerprint density at radius 2 is 1.87 bits per heavy atom. The van der Waals surface area contributed by atoms with E-state index >= 15 is 0 Å². The van der Waals surface area contributed by atoms with E-state index in [0.717, 1.165) is 12.0 Å². The number of nitrogens with zero attached hydrogens (tertiary/aromatic N) is 1. The highest BCUT2D eigenvalue weighted by Gasteiger charge is 2.26.